The summed E-state index contributed by atoms with van der Waals surface area (Å²) >= 11 is 0. The molecule has 5 aliphatic carbocycles. The molecule has 0 heterocycles. The van der Waals surface area contributed by atoms with Crippen molar-refractivity contribution in [1.82, 2.24) is 0 Å². The smallest absolute Gasteiger partial charge is 0.178 e. The van der Waals surface area contributed by atoms with Gasteiger partial charge in [0.2, 0.25) is 0 Å². The molecule has 0 aromatic carbocycles. The normalized spacial score (nSPS) is 42.3. The fourth-order valence-electron chi connectivity index (χ4n) is 7.59. The molecule has 5 nitrogen and oxygen atoms in total. The van der Waals surface area contributed by atoms with Gasteiger partial charge in [0.15, 0.2) is 23.1 Å². The average molecular weight is 439 g/mol. The Kier molecular flexibility index (Phi) is 5.77. The van der Waals surface area contributed by atoms with Crippen molar-refractivity contribution in [2.45, 2.75) is 77.7 Å². The molecule has 0 aromatic heterocycles. The van der Waals surface area contributed by atoms with Crippen LogP contribution in [0.3, 0.4) is 0 Å². The van der Waals surface area contributed by atoms with E-state index in [0.29, 0.717) is 36.4 Å². The van der Waals surface area contributed by atoms with E-state index in [2.05, 4.69) is 13.8 Å². The molecule has 0 aromatic rings. The quantitative estimate of drug-likeness (QED) is 0.623. The monoisotopic (exact) mass is 438 g/mol. The maximum absolute atomic E-state index is 12.2. The highest BCUT2D eigenvalue weighted by Crippen LogP contribution is 2.67. The van der Waals surface area contributed by atoms with E-state index in [1.807, 2.05) is 6.08 Å². The Balaban J connectivity index is 0.000000260. The number of hydrogen-bond donors (Lipinski definition) is 1. The number of rotatable bonds is 1. The van der Waals surface area contributed by atoms with Crippen LogP contribution in [0.1, 0.15) is 72.1 Å². The standard InChI is InChI=1S/C21H30O3.C6H4O2/c1-13(22)21(24)11-8-18-16-5-4-14-12-15(23)6-9-19(14,2)17(16)7-10-20(18,21)3;7-5-1-2-6(8)4-3-5/h12,16-18,24H,4-11H2,1-3H3;1-4H/t16-,17+,18+,19+,20+,21+;/m1./s1. The molecular formula is C27H34O5. The van der Waals surface area contributed by atoms with Gasteiger partial charge in [0.05, 0.1) is 0 Å². The van der Waals surface area contributed by atoms with Gasteiger partial charge in [-0.1, -0.05) is 19.4 Å². The van der Waals surface area contributed by atoms with Crippen LogP contribution in [0.4, 0.5) is 0 Å². The molecule has 0 unspecified atom stereocenters. The zero-order chi connectivity index (χ0) is 23.3. The number of fused-ring (bicyclic) bond motifs is 5. The van der Waals surface area contributed by atoms with Crippen LogP contribution in [0.15, 0.2) is 36.0 Å². The zero-order valence-corrected chi connectivity index (χ0v) is 19.4. The molecule has 0 amide bonds. The van der Waals surface area contributed by atoms with Gasteiger partial charge in [0.25, 0.3) is 0 Å². The first-order valence-corrected chi connectivity index (χ1v) is 11.9. The lowest BCUT2D eigenvalue weighted by atomic mass is 9.46. The lowest BCUT2D eigenvalue weighted by Gasteiger charge is -2.58. The van der Waals surface area contributed by atoms with Crippen molar-refractivity contribution < 1.29 is 24.3 Å². The fourth-order valence-corrected chi connectivity index (χ4v) is 7.59. The number of carbonyl (C=O) groups excluding carboxylic acids is 4. The minimum atomic E-state index is -1.12. The van der Waals surface area contributed by atoms with Crippen LogP contribution < -0.4 is 0 Å². The molecule has 3 fully saturated rings. The van der Waals surface area contributed by atoms with Gasteiger partial charge in [-0.05, 0) is 105 Å². The van der Waals surface area contributed by atoms with Gasteiger partial charge in [0.1, 0.15) is 5.60 Å². The summed E-state index contributed by atoms with van der Waals surface area (Å²) in [5, 5.41) is 11.1. The van der Waals surface area contributed by atoms with E-state index in [4.69, 9.17) is 0 Å². The lowest BCUT2D eigenvalue weighted by molar-refractivity contribution is -0.160. The highest BCUT2D eigenvalue weighted by molar-refractivity contribution is 6.14. The topological polar surface area (TPSA) is 88.5 Å². The minimum absolute atomic E-state index is 0.0446. The molecule has 5 aliphatic rings. The van der Waals surface area contributed by atoms with Gasteiger partial charge in [-0.2, -0.15) is 0 Å². The second kappa shape index (κ2) is 8.02. The predicted molar refractivity (Wildman–Crippen MR) is 121 cm³/mol. The summed E-state index contributed by atoms with van der Waals surface area (Å²) in [7, 11) is 0. The van der Waals surface area contributed by atoms with E-state index in [1.165, 1.54) is 29.9 Å². The fraction of sp³-hybridized carbons (Fsp3) is 0.630. The van der Waals surface area contributed by atoms with Crippen molar-refractivity contribution in [3.05, 3.63) is 36.0 Å². The van der Waals surface area contributed by atoms with Crippen LogP contribution in [-0.2, 0) is 19.2 Å². The maximum Gasteiger partial charge on any atom is 0.178 e. The molecule has 0 saturated heterocycles. The highest BCUT2D eigenvalue weighted by atomic mass is 16.3. The van der Waals surface area contributed by atoms with Gasteiger partial charge < -0.3 is 5.11 Å². The molecule has 172 valence electrons. The lowest BCUT2D eigenvalue weighted by Crippen LogP contribution is -2.57. The third-order valence-corrected chi connectivity index (χ3v) is 9.52. The third kappa shape index (κ3) is 3.49. The first kappa shape index (κ1) is 23.0. The summed E-state index contributed by atoms with van der Waals surface area (Å²) in [5.41, 5.74) is 0.155. The van der Waals surface area contributed by atoms with Crippen LogP contribution in [-0.4, -0.2) is 33.8 Å². The Hall–Kier alpha value is -2.14. The van der Waals surface area contributed by atoms with Crippen molar-refractivity contribution >= 4 is 23.1 Å². The highest BCUT2D eigenvalue weighted by Gasteiger charge is 2.65. The first-order chi connectivity index (χ1) is 15.0. The SMILES string of the molecule is CC(=O)[C@@]1(O)CC[C@H]2[C@@H]3CCC4=CC(=O)CC[C@]4(C)[C@H]3CC[C@@]21C.O=C1C=CC(=O)C=C1. The van der Waals surface area contributed by atoms with Crippen LogP contribution in [0.25, 0.3) is 0 Å². The van der Waals surface area contributed by atoms with Gasteiger partial charge in [-0.3, -0.25) is 19.2 Å². The zero-order valence-electron chi connectivity index (χ0n) is 19.4. The number of aliphatic hydroxyl groups is 1. The number of allylic oxidation sites excluding steroid dienone is 5. The molecule has 5 heteroatoms. The summed E-state index contributed by atoms with van der Waals surface area (Å²) in [6.07, 6.45) is 14.4. The number of ketones is 4. The van der Waals surface area contributed by atoms with E-state index in [-0.39, 0.29) is 28.2 Å². The van der Waals surface area contributed by atoms with Crippen LogP contribution in [0.2, 0.25) is 0 Å². The number of hydrogen-bond acceptors (Lipinski definition) is 5. The minimum Gasteiger partial charge on any atom is -0.382 e. The first-order valence-electron chi connectivity index (χ1n) is 11.9. The summed E-state index contributed by atoms with van der Waals surface area (Å²) in [4.78, 5) is 44.7. The summed E-state index contributed by atoms with van der Waals surface area (Å²) in [6.45, 7) is 6.10. The van der Waals surface area contributed by atoms with Crippen molar-refractivity contribution in [1.29, 1.82) is 0 Å². The Morgan fingerprint density at radius 2 is 1.47 bits per heavy atom. The Morgan fingerprint density at radius 1 is 0.875 bits per heavy atom. The molecule has 3 saturated carbocycles. The molecule has 0 bridgehead atoms. The van der Waals surface area contributed by atoms with E-state index in [1.54, 1.807) is 6.92 Å². The van der Waals surface area contributed by atoms with E-state index in [9.17, 15) is 24.3 Å². The molecule has 0 aliphatic heterocycles. The second-order valence-electron chi connectivity index (χ2n) is 10.9. The summed E-state index contributed by atoms with van der Waals surface area (Å²) < 4.78 is 0. The van der Waals surface area contributed by atoms with Crippen molar-refractivity contribution in [3.8, 4) is 0 Å². The van der Waals surface area contributed by atoms with Gasteiger partial charge in [-0.25, -0.2) is 0 Å². The van der Waals surface area contributed by atoms with Gasteiger partial charge >= 0.3 is 0 Å². The van der Waals surface area contributed by atoms with Gasteiger partial charge in [-0.15, -0.1) is 0 Å². The molecular weight excluding hydrogens is 404 g/mol. The van der Waals surface area contributed by atoms with Crippen LogP contribution in [0, 0.1) is 28.6 Å². The Bertz CT molecular complexity index is 917. The Morgan fingerprint density at radius 3 is 2.06 bits per heavy atom. The molecule has 0 spiro atoms. The molecule has 1 N–H and O–H groups in total. The molecule has 6 atom stereocenters. The van der Waals surface area contributed by atoms with E-state index in [0.717, 1.165) is 38.5 Å². The average Bonchev–Trinajstić information content (AvgIpc) is 3.03. The predicted octanol–water partition coefficient (Wildman–Crippen LogP) is 4.09. The largest absolute Gasteiger partial charge is 0.382 e. The third-order valence-electron chi connectivity index (χ3n) is 9.52. The van der Waals surface area contributed by atoms with Crippen LogP contribution >= 0.6 is 0 Å². The number of Topliss-reactive ketones (excluding diaryl/α,β-unsaturated/α-hetero) is 1. The molecule has 5 rings (SSSR count). The van der Waals surface area contributed by atoms with Crippen molar-refractivity contribution in [3.63, 3.8) is 0 Å². The maximum atomic E-state index is 12.2. The van der Waals surface area contributed by atoms with Crippen molar-refractivity contribution in [2.75, 3.05) is 0 Å². The van der Waals surface area contributed by atoms with Crippen molar-refractivity contribution in [2.24, 2.45) is 28.6 Å². The van der Waals surface area contributed by atoms with Gasteiger partial charge in [0, 0.05) is 11.8 Å². The number of carbonyl (C=O) groups is 4. The van der Waals surface area contributed by atoms with Crippen LogP contribution in [0.5, 0.6) is 0 Å². The Labute approximate surface area is 190 Å². The molecule has 0 radical (unpaired) electrons. The summed E-state index contributed by atoms with van der Waals surface area (Å²) in [6, 6.07) is 0. The van der Waals surface area contributed by atoms with E-state index >= 15 is 0 Å². The second-order valence-corrected chi connectivity index (χ2v) is 10.9. The summed E-state index contributed by atoms with van der Waals surface area (Å²) in [5.74, 6) is 1.66. The molecule has 32 heavy (non-hydrogen) atoms. The van der Waals surface area contributed by atoms with E-state index < -0.39 is 5.60 Å².